The summed E-state index contributed by atoms with van der Waals surface area (Å²) in [6.07, 6.45) is -0.318. The lowest BCUT2D eigenvalue weighted by Crippen LogP contribution is -2.22. The van der Waals surface area contributed by atoms with E-state index >= 15 is 0 Å². The molecule has 25 heavy (non-hydrogen) atoms. The third kappa shape index (κ3) is 3.66. The molecule has 1 aliphatic rings. The van der Waals surface area contributed by atoms with Gasteiger partial charge in [-0.15, -0.1) is 0 Å². The molecule has 0 fully saturated rings. The number of aliphatic hydroxyl groups excluding tert-OH is 1. The largest absolute Gasteiger partial charge is 0.768 e. The highest BCUT2D eigenvalue weighted by Crippen LogP contribution is 2.39. The summed E-state index contributed by atoms with van der Waals surface area (Å²) >= 11 is -2.32. The van der Waals surface area contributed by atoms with Gasteiger partial charge in [-0.2, -0.15) is 0 Å². The monoisotopic (exact) mass is 358 g/mol. The van der Waals surface area contributed by atoms with E-state index < -0.39 is 17.2 Å². The second-order valence-corrected chi connectivity index (χ2v) is 7.51. The minimum atomic E-state index is -2.32. The maximum absolute atomic E-state index is 12.0. The van der Waals surface area contributed by atoms with Crippen molar-refractivity contribution in [1.82, 2.24) is 0 Å². The Kier molecular flexibility index (Phi) is 5.03. The zero-order valence-corrected chi connectivity index (χ0v) is 14.9. The molecule has 0 aliphatic carbocycles. The van der Waals surface area contributed by atoms with E-state index in [2.05, 4.69) is 5.32 Å². The molecule has 0 radical (unpaired) electrons. The molecule has 3 rings (SSSR count). The molecule has 1 heterocycles. The molecule has 2 aromatic carbocycles. The number of rotatable bonds is 4. The number of hydrogen-bond donors (Lipinski definition) is 2. The first-order valence-corrected chi connectivity index (χ1v) is 9.26. The van der Waals surface area contributed by atoms with E-state index in [1.807, 2.05) is 38.1 Å². The standard InChI is InChI=1S/C19H21NO4S/c1-11(2)19(22)13-5-3-12(4-6-13)17-10-18(21)15-9-14(25(23)24)7-8-16(15)20-17/h3-9,11,17-18,20-21H,10H2,1-2H3,(H,23,24)/p-1/t17?,18-/m0/s1. The Bertz CT molecular complexity index is 817. The summed E-state index contributed by atoms with van der Waals surface area (Å²) in [4.78, 5) is 12.2. The fourth-order valence-corrected chi connectivity index (χ4v) is 3.48. The van der Waals surface area contributed by atoms with Crippen LogP contribution in [-0.4, -0.2) is 19.7 Å². The van der Waals surface area contributed by atoms with Crippen LogP contribution in [-0.2, 0) is 11.1 Å². The lowest BCUT2D eigenvalue weighted by Gasteiger charge is -2.31. The zero-order valence-electron chi connectivity index (χ0n) is 14.1. The molecule has 2 N–H and O–H groups in total. The smallest absolute Gasteiger partial charge is 0.165 e. The van der Waals surface area contributed by atoms with E-state index in [-0.39, 0.29) is 22.6 Å². The number of aliphatic hydroxyl groups is 1. The van der Waals surface area contributed by atoms with Gasteiger partial charge in [-0.05, 0) is 34.8 Å². The highest BCUT2D eigenvalue weighted by atomic mass is 32.2. The minimum absolute atomic E-state index is 0.0480. The lowest BCUT2D eigenvalue weighted by atomic mass is 9.90. The molecule has 0 bridgehead atoms. The number of anilines is 1. The van der Waals surface area contributed by atoms with Crippen LogP contribution < -0.4 is 5.32 Å². The number of ketones is 1. The number of fused-ring (bicyclic) bond motifs is 1. The highest BCUT2D eigenvalue weighted by molar-refractivity contribution is 7.79. The van der Waals surface area contributed by atoms with Crippen LogP contribution in [0, 0.1) is 5.92 Å². The Morgan fingerprint density at radius 1 is 1.24 bits per heavy atom. The van der Waals surface area contributed by atoms with Crippen molar-refractivity contribution in [3.8, 4) is 0 Å². The Labute approximate surface area is 149 Å². The molecule has 0 amide bonds. The van der Waals surface area contributed by atoms with Crippen molar-refractivity contribution >= 4 is 22.6 Å². The Morgan fingerprint density at radius 2 is 1.92 bits per heavy atom. The van der Waals surface area contributed by atoms with Gasteiger partial charge in [0.2, 0.25) is 0 Å². The van der Waals surface area contributed by atoms with Crippen LogP contribution in [0.25, 0.3) is 0 Å². The van der Waals surface area contributed by atoms with Crippen molar-refractivity contribution in [1.29, 1.82) is 0 Å². The predicted octanol–water partition coefficient (Wildman–Crippen LogP) is 3.35. The van der Waals surface area contributed by atoms with Crippen molar-refractivity contribution in [3.63, 3.8) is 0 Å². The van der Waals surface area contributed by atoms with Gasteiger partial charge in [0.1, 0.15) is 0 Å². The van der Waals surface area contributed by atoms with E-state index in [1.54, 1.807) is 6.07 Å². The summed E-state index contributed by atoms with van der Waals surface area (Å²) in [6.45, 7) is 3.74. The Balaban J connectivity index is 1.84. The SMILES string of the molecule is CC(C)C(=O)c1ccc(C2C[C@H](O)c3cc(S(=O)[O-])ccc3N2)cc1. The van der Waals surface area contributed by atoms with Crippen molar-refractivity contribution in [2.24, 2.45) is 5.92 Å². The van der Waals surface area contributed by atoms with Gasteiger partial charge in [0.05, 0.1) is 12.1 Å². The second-order valence-electron chi connectivity index (χ2n) is 6.57. The Morgan fingerprint density at radius 3 is 2.52 bits per heavy atom. The van der Waals surface area contributed by atoms with Gasteiger partial charge in [0.25, 0.3) is 0 Å². The van der Waals surface area contributed by atoms with E-state index in [0.29, 0.717) is 17.5 Å². The summed E-state index contributed by atoms with van der Waals surface area (Å²) in [5.74, 6) is 0.0554. The van der Waals surface area contributed by atoms with Gasteiger partial charge in [-0.3, -0.25) is 9.00 Å². The summed E-state index contributed by atoms with van der Waals surface area (Å²) in [7, 11) is 0. The first-order chi connectivity index (χ1) is 11.9. The molecule has 0 spiro atoms. The van der Waals surface area contributed by atoms with Crippen LogP contribution in [0.3, 0.4) is 0 Å². The van der Waals surface area contributed by atoms with Gasteiger partial charge in [-0.25, -0.2) is 0 Å². The number of Topliss-reactive ketones (excluding diaryl/α,β-unsaturated/α-hetero) is 1. The fraction of sp³-hybridized carbons (Fsp3) is 0.316. The zero-order chi connectivity index (χ0) is 18.1. The average Bonchev–Trinajstić information content (AvgIpc) is 2.60. The Hall–Kier alpha value is -2.02. The van der Waals surface area contributed by atoms with Crippen molar-refractivity contribution < 1.29 is 18.7 Å². The molecule has 0 aromatic heterocycles. The molecule has 132 valence electrons. The van der Waals surface area contributed by atoms with Gasteiger partial charge >= 0.3 is 0 Å². The number of benzene rings is 2. The lowest BCUT2D eigenvalue weighted by molar-refractivity contribution is 0.0939. The van der Waals surface area contributed by atoms with Crippen LogP contribution >= 0.6 is 0 Å². The van der Waals surface area contributed by atoms with Crippen LogP contribution in [0.5, 0.6) is 0 Å². The molecule has 2 aromatic rings. The summed E-state index contributed by atoms with van der Waals surface area (Å²) in [6, 6.07) is 12.0. The van der Waals surface area contributed by atoms with Crippen molar-refractivity contribution in [3.05, 3.63) is 59.2 Å². The van der Waals surface area contributed by atoms with E-state index in [9.17, 15) is 18.7 Å². The summed E-state index contributed by atoms with van der Waals surface area (Å²) < 4.78 is 22.2. The highest BCUT2D eigenvalue weighted by Gasteiger charge is 2.26. The van der Waals surface area contributed by atoms with Crippen LogP contribution in [0.15, 0.2) is 47.4 Å². The second kappa shape index (κ2) is 7.07. The van der Waals surface area contributed by atoms with Crippen molar-refractivity contribution in [2.75, 3.05) is 5.32 Å². The third-order valence-corrected chi connectivity index (χ3v) is 5.12. The molecule has 5 nitrogen and oxygen atoms in total. The maximum atomic E-state index is 12.0. The predicted molar refractivity (Wildman–Crippen MR) is 95.2 cm³/mol. The molecule has 0 saturated heterocycles. The van der Waals surface area contributed by atoms with Gasteiger partial charge in [-0.1, -0.05) is 38.1 Å². The normalized spacial score (nSPS) is 20.7. The summed E-state index contributed by atoms with van der Waals surface area (Å²) in [5.41, 5.74) is 2.96. The quantitative estimate of drug-likeness (QED) is 0.646. The number of nitrogens with one attached hydrogen (secondary N) is 1. The van der Waals surface area contributed by atoms with Gasteiger partial charge in [0.15, 0.2) is 5.78 Å². The minimum Gasteiger partial charge on any atom is -0.768 e. The van der Waals surface area contributed by atoms with Gasteiger partial charge < -0.3 is 15.0 Å². The molecular weight excluding hydrogens is 338 g/mol. The number of hydrogen-bond acceptors (Lipinski definition) is 5. The van der Waals surface area contributed by atoms with Crippen molar-refractivity contribution in [2.45, 2.75) is 37.3 Å². The van der Waals surface area contributed by atoms with Crippen LogP contribution in [0.1, 0.15) is 53.9 Å². The number of carbonyl (C=O) groups is 1. The molecule has 1 aliphatic heterocycles. The average molecular weight is 358 g/mol. The topological polar surface area (TPSA) is 89.5 Å². The molecular formula is C19H20NO4S-. The van der Waals surface area contributed by atoms with Crippen LogP contribution in [0.2, 0.25) is 0 Å². The van der Waals surface area contributed by atoms with Gasteiger partial charge in [0, 0.05) is 34.0 Å². The molecule has 3 atom stereocenters. The number of carbonyl (C=O) groups excluding carboxylic acids is 1. The van der Waals surface area contributed by atoms with E-state index in [0.717, 1.165) is 11.3 Å². The first kappa shape index (κ1) is 17.8. The maximum Gasteiger partial charge on any atom is 0.165 e. The van der Waals surface area contributed by atoms with E-state index in [4.69, 9.17) is 0 Å². The molecule has 0 saturated carbocycles. The third-order valence-electron chi connectivity index (χ3n) is 4.49. The fourth-order valence-electron chi connectivity index (χ4n) is 3.08. The molecule has 6 heteroatoms. The van der Waals surface area contributed by atoms with Crippen LogP contribution in [0.4, 0.5) is 5.69 Å². The summed E-state index contributed by atoms with van der Waals surface area (Å²) in [5, 5.41) is 13.8. The first-order valence-electron chi connectivity index (χ1n) is 8.19. The van der Waals surface area contributed by atoms with E-state index in [1.165, 1.54) is 12.1 Å². The molecule has 2 unspecified atom stereocenters.